The fourth-order valence-electron chi connectivity index (χ4n) is 2.96. The van der Waals surface area contributed by atoms with Crippen molar-refractivity contribution >= 4 is 17.6 Å². The Hall–Kier alpha value is -3.28. The van der Waals surface area contributed by atoms with Crippen molar-refractivity contribution in [3.05, 3.63) is 35.9 Å². The van der Waals surface area contributed by atoms with Gasteiger partial charge >= 0.3 is 18.3 Å². The number of hydrogen-bond donors (Lipinski definition) is 2. The first-order chi connectivity index (χ1) is 14.7. The van der Waals surface area contributed by atoms with Gasteiger partial charge in [-0.25, -0.2) is 4.79 Å². The maximum atomic E-state index is 12.2. The monoisotopic (exact) mass is 442 g/mol. The molecule has 0 radical (unpaired) electrons. The summed E-state index contributed by atoms with van der Waals surface area (Å²) < 4.78 is 50.9. The smallest absolute Gasteiger partial charge is 0.479 e. The average molecular weight is 442 g/mol. The van der Waals surface area contributed by atoms with E-state index in [0.29, 0.717) is 31.1 Å². The molecule has 2 aromatic rings. The predicted molar refractivity (Wildman–Crippen MR) is 103 cm³/mol. The van der Waals surface area contributed by atoms with Crippen molar-refractivity contribution in [2.75, 3.05) is 43.6 Å². The Morgan fingerprint density at radius 1 is 1.32 bits per heavy atom. The number of rotatable bonds is 8. The van der Waals surface area contributed by atoms with E-state index >= 15 is 0 Å². The zero-order valence-electron chi connectivity index (χ0n) is 16.6. The zero-order chi connectivity index (χ0) is 22.4. The van der Waals surface area contributed by atoms with Crippen LogP contribution in [0.4, 0.5) is 24.8 Å². The number of methoxy groups -OCH3 is 1. The van der Waals surface area contributed by atoms with Gasteiger partial charge in [0.25, 0.3) is 0 Å². The quantitative estimate of drug-likeness (QED) is 0.637. The van der Waals surface area contributed by atoms with Crippen LogP contribution in [0, 0.1) is 0 Å². The van der Waals surface area contributed by atoms with Gasteiger partial charge in [-0.3, -0.25) is 0 Å². The number of nitrogens with zero attached hydrogens (tertiary/aromatic N) is 3. The summed E-state index contributed by atoms with van der Waals surface area (Å²) >= 11 is 0. The second-order valence-electron chi connectivity index (χ2n) is 6.61. The molecule has 168 valence electrons. The van der Waals surface area contributed by atoms with Crippen molar-refractivity contribution in [1.82, 2.24) is 9.97 Å². The predicted octanol–water partition coefficient (Wildman–Crippen LogP) is 2.33. The second-order valence-corrected chi connectivity index (χ2v) is 6.61. The van der Waals surface area contributed by atoms with E-state index in [1.807, 2.05) is 0 Å². The van der Waals surface area contributed by atoms with E-state index in [-0.39, 0.29) is 24.9 Å². The van der Waals surface area contributed by atoms with Gasteiger partial charge in [0.1, 0.15) is 17.4 Å². The highest BCUT2D eigenvalue weighted by atomic mass is 19.4. The Balaban J connectivity index is 1.61. The van der Waals surface area contributed by atoms with Gasteiger partial charge in [-0.2, -0.15) is 9.97 Å². The van der Waals surface area contributed by atoms with E-state index in [9.17, 15) is 23.1 Å². The summed E-state index contributed by atoms with van der Waals surface area (Å²) in [6, 6.07) is 7.40. The molecule has 1 aromatic heterocycles. The number of aliphatic carboxylic acids is 1. The van der Waals surface area contributed by atoms with Crippen LogP contribution >= 0.6 is 0 Å². The lowest BCUT2D eigenvalue weighted by Gasteiger charge is -2.31. The van der Waals surface area contributed by atoms with Crippen LogP contribution in [0.25, 0.3) is 0 Å². The summed E-state index contributed by atoms with van der Waals surface area (Å²) in [5.41, 5.74) is 0.806. The van der Waals surface area contributed by atoms with Crippen molar-refractivity contribution < 1.29 is 37.3 Å². The van der Waals surface area contributed by atoms with Crippen LogP contribution in [0.1, 0.15) is 5.56 Å². The normalized spacial score (nSPS) is 16.6. The minimum atomic E-state index is -4.72. The van der Waals surface area contributed by atoms with Gasteiger partial charge in [0.2, 0.25) is 0 Å². The van der Waals surface area contributed by atoms with Crippen molar-refractivity contribution in [1.29, 1.82) is 0 Å². The Labute approximate surface area is 175 Å². The molecule has 1 fully saturated rings. The summed E-state index contributed by atoms with van der Waals surface area (Å²) in [4.78, 5) is 21.5. The molecule has 0 saturated carbocycles. The summed E-state index contributed by atoms with van der Waals surface area (Å²) in [6.07, 6.45) is -5.15. The molecule has 1 atom stereocenters. The lowest BCUT2D eigenvalue weighted by molar-refractivity contribution is -0.274. The molecule has 0 bridgehead atoms. The highest BCUT2D eigenvalue weighted by molar-refractivity contribution is 5.73. The van der Waals surface area contributed by atoms with Gasteiger partial charge in [-0.05, 0) is 24.1 Å². The second kappa shape index (κ2) is 9.69. The minimum Gasteiger partial charge on any atom is -0.479 e. The van der Waals surface area contributed by atoms with E-state index in [1.54, 1.807) is 23.1 Å². The average Bonchev–Trinajstić information content (AvgIpc) is 2.74. The summed E-state index contributed by atoms with van der Waals surface area (Å²) in [7, 11) is 1.42. The van der Waals surface area contributed by atoms with Crippen LogP contribution in [0.3, 0.4) is 0 Å². The molecule has 0 amide bonds. The van der Waals surface area contributed by atoms with E-state index in [1.165, 1.54) is 19.2 Å². The van der Waals surface area contributed by atoms with Crippen molar-refractivity contribution in [2.24, 2.45) is 0 Å². The largest absolute Gasteiger partial charge is 0.573 e. The fraction of sp³-hybridized carbons (Fsp3) is 0.421. The number of nitrogens with one attached hydrogen (secondary N) is 1. The van der Waals surface area contributed by atoms with E-state index < -0.39 is 18.4 Å². The lowest BCUT2D eigenvalue weighted by atomic mass is 10.1. The molecule has 1 aliphatic rings. The molecular weight excluding hydrogens is 421 g/mol. The molecule has 31 heavy (non-hydrogen) atoms. The number of ether oxygens (including phenoxy) is 3. The first-order valence-electron chi connectivity index (χ1n) is 9.34. The first kappa shape index (κ1) is 22.4. The Morgan fingerprint density at radius 3 is 2.71 bits per heavy atom. The highest BCUT2D eigenvalue weighted by Gasteiger charge is 2.31. The summed E-state index contributed by atoms with van der Waals surface area (Å²) in [5.74, 6) is -0.356. The molecule has 2 N–H and O–H groups in total. The molecule has 1 aliphatic heterocycles. The van der Waals surface area contributed by atoms with Crippen LogP contribution in [-0.4, -0.2) is 66.9 Å². The number of aromatic nitrogens is 2. The third-order valence-corrected chi connectivity index (χ3v) is 4.42. The summed E-state index contributed by atoms with van der Waals surface area (Å²) in [5, 5.41) is 12.3. The molecule has 0 spiro atoms. The molecule has 3 rings (SSSR count). The van der Waals surface area contributed by atoms with Gasteiger partial charge < -0.3 is 29.5 Å². The Kier molecular flexibility index (Phi) is 7.00. The van der Waals surface area contributed by atoms with E-state index in [0.717, 1.165) is 5.56 Å². The molecule has 9 nitrogen and oxygen atoms in total. The van der Waals surface area contributed by atoms with Crippen molar-refractivity contribution in [2.45, 2.75) is 18.9 Å². The van der Waals surface area contributed by atoms with Gasteiger partial charge in [0.05, 0.1) is 20.3 Å². The number of hydrogen-bond acceptors (Lipinski definition) is 8. The van der Waals surface area contributed by atoms with Gasteiger partial charge in [0, 0.05) is 19.2 Å². The number of anilines is 2. The van der Waals surface area contributed by atoms with Gasteiger partial charge in [0.15, 0.2) is 6.10 Å². The van der Waals surface area contributed by atoms with Crippen LogP contribution in [0.5, 0.6) is 11.8 Å². The van der Waals surface area contributed by atoms with Crippen LogP contribution < -0.4 is 19.7 Å². The fourth-order valence-corrected chi connectivity index (χ4v) is 2.96. The SMILES string of the molecule is COc1nc(NCCc2ccc(OC(F)(F)F)cc2)cc(N2CCOC(C(=O)O)C2)n1. The topological polar surface area (TPSA) is 106 Å². The highest BCUT2D eigenvalue weighted by Crippen LogP contribution is 2.24. The van der Waals surface area contributed by atoms with Crippen LogP contribution in [0.2, 0.25) is 0 Å². The van der Waals surface area contributed by atoms with Crippen LogP contribution in [-0.2, 0) is 16.0 Å². The van der Waals surface area contributed by atoms with E-state index in [4.69, 9.17) is 9.47 Å². The Bertz CT molecular complexity index is 895. The standard InChI is InChI=1S/C19H21F3N4O5/c1-29-18-24-15(10-16(25-18)26-8-9-30-14(11-26)17(27)28)23-7-6-12-2-4-13(5-3-12)31-19(20,21)22/h2-5,10,14H,6-9,11H2,1H3,(H,27,28)(H,23,24,25). The first-order valence-corrected chi connectivity index (χ1v) is 9.34. The number of alkyl halides is 3. The van der Waals surface area contributed by atoms with Gasteiger partial charge in [-0.1, -0.05) is 12.1 Å². The summed E-state index contributed by atoms with van der Waals surface area (Å²) in [6.45, 7) is 1.30. The third kappa shape index (κ3) is 6.60. The molecule has 1 saturated heterocycles. The number of morpholine rings is 1. The molecule has 1 unspecified atom stereocenters. The van der Waals surface area contributed by atoms with E-state index in [2.05, 4.69) is 20.0 Å². The number of halogens is 3. The molecular formula is C19H21F3N4O5. The maximum absolute atomic E-state index is 12.2. The van der Waals surface area contributed by atoms with Crippen molar-refractivity contribution in [3.8, 4) is 11.8 Å². The van der Waals surface area contributed by atoms with Crippen LogP contribution in [0.15, 0.2) is 30.3 Å². The lowest BCUT2D eigenvalue weighted by Crippen LogP contribution is -2.46. The molecule has 1 aromatic carbocycles. The van der Waals surface area contributed by atoms with Gasteiger partial charge in [-0.15, -0.1) is 13.2 Å². The molecule has 12 heteroatoms. The third-order valence-electron chi connectivity index (χ3n) is 4.42. The Morgan fingerprint density at radius 2 is 2.06 bits per heavy atom. The molecule has 0 aliphatic carbocycles. The minimum absolute atomic E-state index is 0.118. The van der Waals surface area contributed by atoms with Crippen molar-refractivity contribution in [3.63, 3.8) is 0 Å². The number of carboxylic acids is 1. The number of carboxylic acid groups (broad SMARTS) is 1. The number of carbonyl (C=O) groups is 1. The number of benzene rings is 1. The maximum Gasteiger partial charge on any atom is 0.573 e. The zero-order valence-corrected chi connectivity index (χ0v) is 16.6. The molecule has 2 heterocycles.